The Bertz CT molecular complexity index is 1810. The normalized spacial score (nSPS) is 11.5. The maximum atomic E-state index is 12.6. The monoisotopic (exact) mass is 551 g/mol. The van der Waals surface area contributed by atoms with Crippen molar-refractivity contribution in [1.82, 2.24) is 29.5 Å². The number of hydrogen-bond acceptors (Lipinski definition) is 7. The van der Waals surface area contributed by atoms with Crippen LogP contribution in [0.5, 0.6) is 0 Å². The van der Waals surface area contributed by atoms with E-state index in [1.165, 1.54) is 17.8 Å². The molecule has 3 aromatic heterocycles. The van der Waals surface area contributed by atoms with Gasteiger partial charge in [0.25, 0.3) is 5.78 Å². The molecule has 0 radical (unpaired) electrons. The number of aryl methyl sites for hydroxylation is 1. The number of para-hydroxylation sites is 2. The molecule has 10 heteroatoms. The van der Waals surface area contributed by atoms with Gasteiger partial charge in [0, 0.05) is 28.0 Å². The van der Waals surface area contributed by atoms with Gasteiger partial charge in [0.05, 0.1) is 16.8 Å². The molecule has 0 amide bonds. The van der Waals surface area contributed by atoms with E-state index in [0.717, 1.165) is 39.6 Å². The SMILES string of the molecule is Cc1cc(Nc2ccc(C(=O)/C=C/c3ccccc3Cl)cc2)n2nc(SCc3nc4ccccc4[nH]3)nc2n1. The summed E-state index contributed by atoms with van der Waals surface area (Å²) in [5.74, 6) is 2.58. The number of nitrogens with zero attached hydrogens (tertiary/aromatic N) is 5. The van der Waals surface area contributed by atoms with Crippen LogP contribution in [-0.2, 0) is 5.75 Å². The van der Waals surface area contributed by atoms with Gasteiger partial charge in [-0.25, -0.2) is 9.97 Å². The Hall–Kier alpha value is -4.47. The van der Waals surface area contributed by atoms with Crippen LogP contribution in [0.25, 0.3) is 22.9 Å². The topological polar surface area (TPSA) is 101 Å². The summed E-state index contributed by atoms with van der Waals surface area (Å²) in [5.41, 5.74) is 4.92. The van der Waals surface area contributed by atoms with Crippen LogP contribution >= 0.6 is 23.4 Å². The number of rotatable bonds is 8. The van der Waals surface area contributed by atoms with Crippen molar-refractivity contribution < 1.29 is 4.79 Å². The van der Waals surface area contributed by atoms with Crippen molar-refractivity contribution in [3.63, 3.8) is 0 Å². The third kappa shape index (κ3) is 5.55. The number of nitrogens with one attached hydrogen (secondary N) is 2. The Morgan fingerprint density at radius 1 is 1.03 bits per heavy atom. The first-order chi connectivity index (χ1) is 19.0. The van der Waals surface area contributed by atoms with Crippen molar-refractivity contribution >= 4 is 63.5 Å². The second-order valence-corrected chi connectivity index (χ2v) is 10.1. The zero-order valence-corrected chi connectivity index (χ0v) is 22.4. The van der Waals surface area contributed by atoms with E-state index in [0.29, 0.717) is 27.3 Å². The maximum absolute atomic E-state index is 12.6. The van der Waals surface area contributed by atoms with Crippen LogP contribution in [0.2, 0.25) is 5.02 Å². The molecule has 6 aromatic rings. The summed E-state index contributed by atoms with van der Waals surface area (Å²) in [5, 5.41) is 9.22. The fourth-order valence-corrected chi connectivity index (χ4v) is 4.95. The molecule has 192 valence electrons. The Kier molecular flexibility index (Phi) is 6.83. The number of benzene rings is 3. The summed E-state index contributed by atoms with van der Waals surface area (Å²) in [7, 11) is 0. The van der Waals surface area contributed by atoms with E-state index in [2.05, 4.69) is 30.4 Å². The lowest BCUT2D eigenvalue weighted by atomic mass is 10.1. The van der Waals surface area contributed by atoms with Gasteiger partial charge in [-0.05, 0) is 67.1 Å². The highest BCUT2D eigenvalue weighted by atomic mass is 35.5. The fourth-order valence-electron chi connectivity index (χ4n) is 4.06. The van der Waals surface area contributed by atoms with Gasteiger partial charge in [-0.3, -0.25) is 4.79 Å². The Morgan fingerprint density at radius 2 is 1.82 bits per heavy atom. The van der Waals surface area contributed by atoms with Crippen LogP contribution in [0, 0.1) is 6.92 Å². The minimum atomic E-state index is -0.106. The molecule has 8 nitrogen and oxygen atoms in total. The molecule has 2 N–H and O–H groups in total. The standard InChI is InChI=1S/C29H22ClN7OS/c1-18-16-27(32-21-13-10-20(11-14-21)25(38)15-12-19-6-2-3-7-22(19)30)37-28(31-18)35-29(36-37)39-17-26-33-23-8-4-5-9-24(23)34-26/h2-16,32H,17H2,1H3,(H,33,34)/b15-12+. The minimum Gasteiger partial charge on any atom is -0.341 e. The molecule has 39 heavy (non-hydrogen) atoms. The molecular formula is C29H22ClN7OS. The molecule has 6 rings (SSSR count). The zero-order valence-electron chi connectivity index (χ0n) is 20.8. The number of hydrogen-bond donors (Lipinski definition) is 2. The molecule has 0 aliphatic heterocycles. The predicted molar refractivity (Wildman–Crippen MR) is 156 cm³/mol. The van der Waals surface area contributed by atoms with E-state index in [1.54, 1.807) is 28.8 Å². The number of thioether (sulfide) groups is 1. The molecule has 0 aliphatic carbocycles. The molecule has 3 aromatic carbocycles. The highest BCUT2D eigenvalue weighted by Crippen LogP contribution is 2.24. The molecule has 0 saturated heterocycles. The number of carbonyl (C=O) groups is 1. The molecule has 0 fully saturated rings. The van der Waals surface area contributed by atoms with Gasteiger partial charge in [-0.1, -0.05) is 53.7 Å². The van der Waals surface area contributed by atoms with Gasteiger partial charge in [0.15, 0.2) is 5.78 Å². The summed E-state index contributed by atoms with van der Waals surface area (Å²) < 4.78 is 1.68. The van der Waals surface area contributed by atoms with Crippen LogP contribution in [0.1, 0.15) is 27.4 Å². The Balaban J connectivity index is 1.17. The average Bonchev–Trinajstić information content (AvgIpc) is 3.55. The molecule has 0 saturated carbocycles. The first kappa shape index (κ1) is 24.8. The maximum Gasteiger partial charge on any atom is 0.255 e. The second-order valence-electron chi connectivity index (χ2n) is 8.80. The summed E-state index contributed by atoms with van der Waals surface area (Å²) in [6.45, 7) is 1.91. The van der Waals surface area contributed by atoms with Gasteiger partial charge in [-0.15, -0.1) is 5.10 Å². The van der Waals surface area contributed by atoms with Gasteiger partial charge in [0.1, 0.15) is 11.6 Å². The number of fused-ring (bicyclic) bond motifs is 2. The van der Waals surface area contributed by atoms with Gasteiger partial charge < -0.3 is 10.3 Å². The molecule has 3 heterocycles. The Labute approximate surface area is 233 Å². The summed E-state index contributed by atoms with van der Waals surface area (Å²) in [4.78, 5) is 29.7. The quantitative estimate of drug-likeness (QED) is 0.121. The fraction of sp³-hybridized carbons (Fsp3) is 0.0690. The molecular weight excluding hydrogens is 530 g/mol. The van der Waals surface area contributed by atoms with Crippen molar-refractivity contribution in [3.05, 3.63) is 113 Å². The number of ketones is 1. The third-order valence-electron chi connectivity index (χ3n) is 5.96. The predicted octanol–water partition coefficient (Wildman–Crippen LogP) is 6.89. The van der Waals surface area contributed by atoms with E-state index in [1.807, 2.05) is 67.6 Å². The van der Waals surface area contributed by atoms with Gasteiger partial charge in [-0.2, -0.15) is 9.50 Å². The van der Waals surface area contributed by atoms with Crippen molar-refractivity contribution in [1.29, 1.82) is 0 Å². The summed E-state index contributed by atoms with van der Waals surface area (Å²) in [6.07, 6.45) is 3.25. The van der Waals surface area contributed by atoms with Crippen LogP contribution < -0.4 is 5.32 Å². The highest BCUT2D eigenvalue weighted by molar-refractivity contribution is 7.98. The molecule has 0 atom stereocenters. The lowest BCUT2D eigenvalue weighted by molar-refractivity contribution is 0.104. The van der Waals surface area contributed by atoms with Crippen molar-refractivity contribution in [2.75, 3.05) is 5.32 Å². The number of halogens is 1. The average molecular weight is 552 g/mol. The van der Waals surface area contributed by atoms with E-state index in [4.69, 9.17) is 11.6 Å². The molecule has 0 unspecified atom stereocenters. The zero-order chi connectivity index (χ0) is 26.8. The third-order valence-corrected chi connectivity index (χ3v) is 7.15. The first-order valence-corrected chi connectivity index (χ1v) is 13.5. The van der Waals surface area contributed by atoms with E-state index in [9.17, 15) is 4.79 Å². The molecule has 0 spiro atoms. The highest BCUT2D eigenvalue weighted by Gasteiger charge is 2.13. The van der Waals surface area contributed by atoms with Gasteiger partial charge in [0.2, 0.25) is 5.16 Å². The number of aromatic nitrogens is 6. The van der Waals surface area contributed by atoms with Crippen LogP contribution in [0.3, 0.4) is 0 Å². The lowest BCUT2D eigenvalue weighted by Crippen LogP contribution is -2.03. The largest absolute Gasteiger partial charge is 0.341 e. The number of allylic oxidation sites excluding steroid dienone is 1. The number of H-pyrrole nitrogens is 1. The van der Waals surface area contributed by atoms with E-state index >= 15 is 0 Å². The summed E-state index contributed by atoms with van der Waals surface area (Å²) >= 11 is 7.66. The summed E-state index contributed by atoms with van der Waals surface area (Å²) in [6, 6.07) is 24.5. The van der Waals surface area contributed by atoms with E-state index in [-0.39, 0.29) is 5.78 Å². The van der Waals surface area contributed by atoms with Crippen molar-refractivity contribution in [2.24, 2.45) is 0 Å². The lowest BCUT2D eigenvalue weighted by Gasteiger charge is -2.09. The number of anilines is 2. The van der Waals surface area contributed by atoms with Crippen molar-refractivity contribution in [3.8, 4) is 0 Å². The molecule has 0 bridgehead atoms. The Morgan fingerprint density at radius 3 is 2.64 bits per heavy atom. The second kappa shape index (κ2) is 10.7. The number of carbonyl (C=O) groups excluding carboxylic acids is 1. The van der Waals surface area contributed by atoms with Gasteiger partial charge >= 0.3 is 0 Å². The van der Waals surface area contributed by atoms with Crippen LogP contribution in [0.4, 0.5) is 11.5 Å². The number of aromatic amines is 1. The molecule has 0 aliphatic rings. The first-order valence-electron chi connectivity index (χ1n) is 12.2. The minimum absolute atomic E-state index is 0.106. The number of imidazole rings is 1. The van der Waals surface area contributed by atoms with Crippen LogP contribution in [0.15, 0.2) is 90.1 Å². The van der Waals surface area contributed by atoms with Crippen molar-refractivity contribution in [2.45, 2.75) is 17.8 Å². The van der Waals surface area contributed by atoms with Crippen LogP contribution in [-0.4, -0.2) is 35.3 Å². The smallest absolute Gasteiger partial charge is 0.255 e. The van der Waals surface area contributed by atoms with E-state index < -0.39 is 0 Å².